The van der Waals surface area contributed by atoms with Crippen LogP contribution in [0.25, 0.3) is 0 Å². The average molecular weight is 334 g/mol. The molecular weight excluding hydrogens is 316 g/mol. The van der Waals surface area contributed by atoms with Crippen molar-refractivity contribution < 1.29 is 19.4 Å². The Morgan fingerprint density at radius 3 is 2.78 bits per heavy atom. The largest absolute Gasteiger partial charge is 0.484 e. The van der Waals surface area contributed by atoms with Gasteiger partial charge in [-0.05, 0) is 25.5 Å². The molecular formula is C16H18N2O4S. The average Bonchev–Trinajstić information content (AvgIpc) is 2.95. The minimum atomic E-state index is -1.04. The molecule has 122 valence electrons. The summed E-state index contributed by atoms with van der Waals surface area (Å²) in [6, 6.07) is 5.78. The van der Waals surface area contributed by atoms with Crippen LogP contribution in [0.2, 0.25) is 0 Å². The van der Waals surface area contributed by atoms with Crippen LogP contribution in [0.15, 0.2) is 23.6 Å². The molecule has 0 bridgehead atoms. The molecule has 0 aliphatic carbocycles. The van der Waals surface area contributed by atoms with Crippen molar-refractivity contribution in [3.05, 3.63) is 45.4 Å². The van der Waals surface area contributed by atoms with Gasteiger partial charge in [0.15, 0.2) is 12.3 Å². The predicted octanol–water partition coefficient (Wildman–Crippen LogP) is 2.20. The molecule has 0 unspecified atom stereocenters. The Morgan fingerprint density at radius 1 is 1.35 bits per heavy atom. The van der Waals surface area contributed by atoms with Crippen molar-refractivity contribution in [2.24, 2.45) is 0 Å². The molecule has 1 heterocycles. The number of nitrogens with one attached hydrogen (secondary N) is 1. The third-order valence-electron chi connectivity index (χ3n) is 3.12. The second-order valence-corrected chi connectivity index (χ2v) is 6.03. The van der Waals surface area contributed by atoms with Crippen molar-refractivity contribution in [1.29, 1.82) is 0 Å². The van der Waals surface area contributed by atoms with Crippen LogP contribution in [0, 0.1) is 13.8 Å². The third kappa shape index (κ3) is 5.07. The zero-order chi connectivity index (χ0) is 16.8. The van der Waals surface area contributed by atoms with Gasteiger partial charge in [-0.2, -0.15) is 0 Å². The van der Waals surface area contributed by atoms with Gasteiger partial charge in [0.25, 0.3) is 5.91 Å². The first-order valence-electron chi connectivity index (χ1n) is 7.10. The van der Waals surface area contributed by atoms with Gasteiger partial charge in [-0.1, -0.05) is 17.7 Å². The van der Waals surface area contributed by atoms with Crippen molar-refractivity contribution in [3.8, 4) is 5.75 Å². The van der Waals surface area contributed by atoms with E-state index >= 15 is 0 Å². The number of aryl methyl sites for hydroxylation is 2. The van der Waals surface area contributed by atoms with Gasteiger partial charge < -0.3 is 15.2 Å². The van der Waals surface area contributed by atoms with Gasteiger partial charge >= 0.3 is 5.97 Å². The summed E-state index contributed by atoms with van der Waals surface area (Å²) in [5.41, 5.74) is 2.17. The molecule has 2 aromatic rings. The fourth-order valence-electron chi connectivity index (χ4n) is 1.99. The number of amides is 1. The Labute approximate surface area is 138 Å². The van der Waals surface area contributed by atoms with Gasteiger partial charge in [0, 0.05) is 18.3 Å². The molecule has 0 aliphatic rings. The Bertz CT molecular complexity index is 712. The molecule has 0 saturated heterocycles. The summed E-state index contributed by atoms with van der Waals surface area (Å²) in [5, 5.41) is 13.7. The number of carboxylic acid groups (broad SMARTS) is 1. The number of aromatic carboxylic acids is 1. The molecule has 6 nitrogen and oxygen atoms in total. The molecule has 0 radical (unpaired) electrons. The number of carbonyl (C=O) groups is 2. The highest BCUT2D eigenvalue weighted by Gasteiger charge is 2.09. The number of hydrogen-bond acceptors (Lipinski definition) is 5. The van der Waals surface area contributed by atoms with E-state index in [-0.39, 0.29) is 18.2 Å². The normalized spacial score (nSPS) is 10.3. The second kappa shape index (κ2) is 7.73. The summed E-state index contributed by atoms with van der Waals surface area (Å²) in [4.78, 5) is 26.4. The van der Waals surface area contributed by atoms with Crippen molar-refractivity contribution in [1.82, 2.24) is 10.3 Å². The first kappa shape index (κ1) is 17.0. The molecule has 2 N–H and O–H groups in total. The van der Waals surface area contributed by atoms with Gasteiger partial charge in [0.2, 0.25) is 0 Å². The molecule has 7 heteroatoms. The summed E-state index contributed by atoms with van der Waals surface area (Å²) in [6.45, 7) is 4.27. The lowest BCUT2D eigenvalue weighted by Gasteiger charge is -2.09. The summed E-state index contributed by atoms with van der Waals surface area (Å²) < 4.78 is 5.49. The summed E-state index contributed by atoms with van der Waals surface area (Å²) in [6.07, 6.45) is 0.493. The van der Waals surface area contributed by atoms with E-state index in [9.17, 15) is 9.59 Å². The highest BCUT2D eigenvalue weighted by Crippen LogP contribution is 2.18. The second-order valence-electron chi connectivity index (χ2n) is 5.09. The van der Waals surface area contributed by atoms with E-state index in [2.05, 4.69) is 10.3 Å². The minimum Gasteiger partial charge on any atom is -0.484 e. The molecule has 23 heavy (non-hydrogen) atoms. The molecule has 0 saturated carbocycles. The predicted molar refractivity (Wildman–Crippen MR) is 87.2 cm³/mol. The lowest BCUT2D eigenvalue weighted by Crippen LogP contribution is -2.30. The minimum absolute atomic E-state index is 0.0366. The monoisotopic (exact) mass is 334 g/mol. The summed E-state index contributed by atoms with van der Waals surface area (Å²) in [7, 11) is 0. The van der Waals surface area contributed by atoms with E-state index in [0.717, 1.165) is 11.1 Å². The van der Waals surface area contributed by atoms with Crippen LogP contribution in [0.5, 0.6) is 5.75 Å². The van der Waals surface area contributed by atoms with Crippen molar-refractivity contribution in [3.63, 3.8) is 0 Å². The third-order valence-corrected chi connectivity index (χ3v) is 4.03. The Morgan fingerprint density at radius 2 is 2.13 bits per heavy atom. The Balaban J connectivity index is 1.73. The van der Waals surface area contributed by atoms with E-state index < -0.39 is 5.97 Å². The molecule has 1 aromatic carbocycles. The number of nitrogens with zero attached hydrogens (tertiary/aromatic N) is 1. The van der Waals surface area contributed by atoms with Gasteiger partial charge in [-0.25, -0.2) is 9.78 Å². The number of ether oxygens (including phenoxy) is 1. The molecule has 0 atom stereocenters. The van der Waals surface area contributed by atoms with Crippen LogP contribution in [-0.4, -0.2) is 35.1 Å². The first-order valence-corrected chi connectivity index (χ1v) is 7.98. The summed E-state index contributed by atoms with van der Waals surface area (Å²) in [5.74, 6) is -0.574. The maximum absolute atomic E-state index is 11.8. The number of hydrogen-bond donors (Lipinski definition) is 2. The van der Waals surface area contributed by atoms with Crippen LogP contribution >= 0.6 is 11.3 Å². The molecule has 2 rings (SSSR count). The highest BCUT2D eigenvalue weighted by atomic mass is 32.1. The maximum Gasteiger partial charge on any atom is 0.355 e. The Kier molecular flexibility index (Phi) is 5.70. The van der Waals surface area contributed by atoms with Crippen LogP contribution in [-0.2, 0) is 11.2 Å². The lowest BCUT2D eigenvalue weighted by molar-refractivity contribution is -0.123. The lowest BCUT2D eigenvalue weighted by atomic mass is 10.1. The zero-order valence-electron chi connectivity index (χ0n) is 13.0. The molecule has 1 aromatic heterocycles. The summed E-state index contributed by atoms with van der Waals surface area (Å²) >= 11 is 1.27. The van der Waals surface area contributed by atoms with Crippen molar-refractivity contribution in [2.75, 3.05) is 13.2 Å². The number of rotatable bonds is 7. The molecule has 1 amide bonds. The first-order chi connectivity index (χ1) is 11.0. The number of carboxylic acids is 1. The van der Waals surface area contributed by atoms with Crippen LogP contribution in [0.1, 0.15) is 26.6 Å². The zero-order valence-corrected chi connectivity index (χ0v) is 13.8. The fraction of sp³-hybridized carbons (Fsp3) is 0.312. The quantitative estimate of drug-likeness (QED) is 0.810. The van der Waals surface area contributed by atoms with Crippen LogP contribution in [0.3, 0.4) is 0 Å². The topological polar surface area (TPSA) is 88.5 Å². The van der Waals surface area contributed by atoms with Gasteiger partial charge in [0.1, 0.15) is 5.75 Å². The van der Waals surface area contributed by atoms with Crippen molar-refractivity contribution in [2.45, 2.75) is 20.3 Å². The number of benzene rings is 1. The van der Waals surface area contributed by atoms with Crippen LogP contribution < -0.4 is 10.1 Å². The number of thiazole rings is 1. The van der Waals surface area contributed by atoms with Gasteiger partial charge in [-0.3, -0.25) is 4.79 Å². The van der Waals surface area contributed by atoms with E-state index in [1.807, 2.05) is 32.0 Å². The SMILES string of the molecule is Cc1ccc(OCC(=O)NCCc2nc(C(=O)O)cs2)c(C)c1. The number of carbonyl (C=O) groups excluding carboxylic acids is 1. The maximum atomic E-state index is 11.8. The van der Waals surface area contributed by atoms with Gasteiger partial charge in [-0.15, -0.1) is 11.3 Å². The Hall–Kier alpha value is -2.41. The van der Waals surface area contributed by atoms with E-state index in [1.54, 1.807) is 0 Å². The molecule has 0 spiro atoms. The highest BCUT2D eigenvalue weighted by molar-refractivity contribution is 7.09. The standard InChI is InChI=1S/C16H18N2O4S/c1-10-3-4-13(11(2)7-10)22-8-14(19)17-6-5-15-18-12(9-23-15)16(20)21/h3-4,7,9H,5-6,8H2,1-2H3,(H,17,19)(H,20,21). The molecule has 0 fully saturated rings. The van der Waals surface area contributed by atoms with E-state index in [4.69, 9.17) is 9.84 Å². The smallest absolute Gasteiger partial charge is 0.355 e. The van der Waals surface area contributed by atoms with E-state index in [1.165, 1.54) is 16.7 Å². The van der Waals surface area contributed by atoms with Crippen molar-refractivity contribution >= 4 is 23.2 Å². The fourth-order valence-corrected chi connectivity index (χ4v) is 2.76. The van der Waals surface area contributed by atoms with Crippen LogP contribution in [0.4, 0.5) is 0 Å². The molecule has 0 aliphatic heterocycles. The number of aromatic nitrogens is 1. The van der Waals surface area contributed by atoms with Gasteiger partial charge in [0.05, 0.1) is 5.01 Å². The van der Waals surface area contributed by atoms with E-state index in [0.29, 0.717) is 23.7 Å².